The van der Waals surface area contributed by atoms with Crippen molar-refractivity contribution in [1.29, 1.82) is 0 Å². The number of hydrogen-bond acceptors (Lipinski definition) is 4. The summed E-state index contributed by atoms with van der Waals surface area (Å²) in [6.07, 6.45) is 0.913. The van der Waals surface area contributed by atoms with Gasteiger partial charge in [0.05, 0.1) is 4.92 Å². The molecule has 1 amide bonds. The maximum Gasteiger partial charge on any atom is 0.292 e. The fourth-order valence-corrected chi connectivity index (χ4v) is 2.71. The number of nitrogens with one attached hydrogen (secondary N) is 2. The van der Waals surface area contributed by atoms with Crippen LogP contribution in [0.25, 0.3) is 0 Å². The number of rotatable bonds is 7. The van der Waals surface area contributed by atoms with Crippen molar-refractivity contribution < 1.29 is 9.72 Å². The Kier molecular flexibility index (Phi) is 6.31. The quantitative estimate of drug-likeness (QED) is 0.413. The van der Waals surface area contributed by atoms with Crippen molar-refractivity contribution in [1.82, 2.24) is 0 Å². The van der Waals surface area contributed by atoms with Gasteiger partial charge in [-0.1, -0.05) is 28.1 Å². The second-order valence-electron chi connectivity index (χ2n) is 5.31. The molecule has 24 heavy (non-hydrogen) atoms. The molecule has 2 rings (SSSR count). The molecule has 0 aliphatic carbocycles. The predicted molar refractivity (Wildman–Crippen MR) is 98.3 cm³/mol. The van der Waals surface area contributed by atoms with Crippen LogP contribution in [0, 0.1) is 17.0 Å². The van der Waals surface area contributed by atoms with Crippen LogP contribution in [-0.2, 0) is 4.79 Å². The first kappa shape index (κ1) is 17.9. The van der Waals surface area contributed by atoms with Gasteiger partial charge in [-0.3, -0.25) is 14.9 Å². The molecule has 7 heteroatoms. The number of amides is 1. The third kappa shape index (κ3) is 5.06. The summed E-state index contributed by atoms with van der Waals surface area (Å²) < 4.78 is 0.964. The summed E-state index contributed by atoms with van der Waals surface area (Å²) in [5, 5.41) is 16.8. The number of nitrogens with zero attached hydrogens (tertiary/aromatic N) is 1. The molecule has 2 aromatic carbocycles. The highest BCUT2D eigenvalue weighted by atomic mass is 79.9. The Morgan fingerprint density at radius 2 is 1.96 bits per heavy atom. The van der Waals surface area contributed by atoms with E-state index < -0.39 is 4.92 Å². The highest BCUT2D eigenvalue weighted by Gasteiger charge is 2.11. The molecule has 0 spiro atoms. The fourth-order valence-electron chi connectivity index (χ4n) is 2.23. The number of benzene rings is 2. The Morgan fingerprint density at radius 3 is 2.67 bits per heavy atom. The minimum absolute atomic E-state index is 0.0347. The lowest BCUT2D eigenvalue weighted by Gasteiger charge is -2.09. The Labute approximate surface area is 148 Å². The summed E-state index contributed by atoms with van der Waals surface area (Å²) in [5.74, 6) is -0.0789. The fraction of sp³-hybridized carbons (Fsp3) is 0.235. The van der Waals surface area contributed by atoms with E-state index >= 15 is 0 Å². The summed E-state index contributed by atoms with van der Waals surface area (Å²) in [7, 11) is 0. The zero-order chi connectivity index (χ0) is 17.5. The van der Waals surface area contributed by atoms with Crippen molar-refractivity contribution in [2.75, 3.05) is 17.2 Å². The van der Waals surface area contributed by atoms with Gasteiger partial charge in [-0.25, -0.2) is 0 Å². The van der Waals surface area contributed by atoms with Crippen LogP contribution in [0.15, 0.2) is 46.9 Å². The third-order valence-corrected chi connectivity index (χ3v) is 3.95. The van der Waals surface area contributed by atoms with Gasteiger partial charge < -0.3 is 10.6 Å². The number of nitro benzene ring substituents is 1. The van der Waals surface area contributed by atoms with Crippen LogP contribution >= 0.6 is 15.9 Å². The third-order valence-electron chi connectivity index (χ3n) is 3.46. The van der Waals surface area contributed by atoms with Gasteiger partial charge >= 0.3 is 0 Å². The lowest BCUT2D eigenvalue weighted by Crippen LogP contribution is -2.14. The van der Waals surface area contributed by atoms with Crippen LogP contribution in [0.2, 0.25) is 0 Å². The molecule has 0 unspecified atom stereocenters. The molecule has 0 aromatic heterocycles. The van der Waals surface area contributed by atoms with E-state index in [-0.39, 0.29) is 11.6 Å². The van der Waals surface area contributed by atoms with Gasteiger partial charge in [-0.15, -0.1) is 0 Å². The van der Waals surface area contributed by atoms with E-state index in [4.69, 9.17) is 0 Å². The molecule has 0 saturated carbocycles. The molecule has 2 N–H and O–H groups in total. The van der Waals surface area contributed by atoms with E-state index in [2.05, 4.69) is 26.6 Å². The van der Waals surface area contributed by atoms with Crippen molar-refractivity contribution in [3.63, 3.8) is 0 Å². The molecule has 0 radical (unpaired) electrons. The minimum atomic E-state index is -0.425. The summed E-state index contributed by atoms with van der Waals surface area (Å²) in [5.41, 5.74) is 2.27. The number of aryl methyl sites for hydroxylation is 1. The number of anilines is 2. The highest BCUT2D eigenvalue weighted by molar-refractivity contribution is 9.10. The first-order chi connectivity index (χ1) is 11.5. The van der Waals surface area contributed by atoms with Crippen molar-refractivity contribution in [2.45, 2.75) is 19.8 Å². The number of hydrogen-bond donors (Lipinski definition) is 2. The maximum atomic E-state index is 12.0. The summed E-state index contributed by atoms with van der Waals surface area (Å²) >= 11 is 3.38. The smallest absolute Gasteiger partial charge is 0.292 e. The standard InChI is InChI=1S/C17H18BrN3O3/c1-12-11-13(18)8-9-14(12)20-17(22)7-4-10-19-15-5-2-3-6-16(15)21(23)24/h2-3,5-6,8-9,11,19H,4,7,10H2,1H3,(H,20,22). The average molecular weight is 392 g/mol. The molecule has 0 fully saturated rings. The summed E-state index contributed by atoms with van der Waals surface area (Å²) in [4.78, 5) is 22.5. The molecule has 0 aliphatic heterocycles. The Hall–Kier alpha value is -2.41. The molecule has 0 atom stereocenters. The lowest BCUT2D eigenvalue weighted by molar-refractivity contribution is -0.384. The number of halogens is 1. The van der Waals surface area contributed by atoms with Crippen LogP contribution in [0.3, 0.4) is 0 Å². The van der Waals surface area contributed by atoms with Gasteiger partial charge in [0, 0.05) is 29.2 Å². The normalized spacial score (nSPS) is 10.2. The molecule has 0 aliphatic rings. The van der Waals surface area contributed by atoms with Crippen LogP contribution in [0.4, 0.5) is 17.1 Å². The van der Waals surface area contributed by atoms with Gasteiger partial charge in [-0.05, 0) is 43.2 Å². The Bertz CT molecular complexity index is 750. The monoisotopic (exact) mass is 391 g/mol. The van der Waals surface area contributed by atoms with E-state index in [9.17, 15) is 14.9 Å². The molecule has 0 saturated heterocycles. The molecule has 0 heterocycles. The average Bonchev–Trinajstić information content (AvgIpc) is 2.54. The number of nitro groups is 1. The second kappa shape index (κ2) is 8.44. The lowest BCUT2D eigenvalue weighted by atomic mass is 10.2. The van der Waals surface area contributed by atoms with E-state index in [0.717, 1.165) is 15.7 Å². The van der Waals surface area contributed by atoms with Gasteiger partial charge in [-0.2, -0.15) is 0 Å². The molecule has 6 nitrogen and oxygen atoms in total. The van der Waals surface area contributed by atoms with Crippen molar-refractivity contribution in [3.8, 4) is 0 Å². The first-order valence-corrected chi connectivity index (χ1v) is 8.30. The largest absolute Gasteiger partial charge is 0.379 e. The second-order valence-corrected chi connectivity index (χ2v) is 6.23. The van der Waals surface area contributed by atoms with Gasteiger partial charge in [0.1, 0.15) is 5.69 Å². The number of carbonyl (C=O) groups is 1. The van der Waals surface area contributed by atoms with E-state index in [0.29, 0.717) is 25.1 Å². The van der Waals surface area contributed by atoms with E-state index in [1.807, 2.05) is 25.1 Å². The van der Waals surface area contributed by atoms with Gasteiger partial charge in [0.2, 0.25) is 5.91 Å². The molecule has 126 valence electrons. The van der Waals surface area contributed by atoms with Crippen molar-refractivity contribution in [2.24, 2.45) is 0 Å². The van der Waals surface area contributed by atoms with Crippen LogP contribution in [0.1, 0.15) is 18.4 Å². The number of para-hydroxylation sites is 2. The summed E-state index contributed by atoms with van der Waals surface area (Å²) in [6, 6.07) is 12.1. The first-order valence-electron chi connectivity index (χ1n) is 7.50. The summed E-state index contributed by atoms with van der Waals surface area (Å²) in [6.45, 7) is 2.41. The predicted octanol–water partition coefficient (Wildman–Crippen LogP) is 4.50. The topological polar surface area (TPSA) is 84.3 Å². The number of carbonyl (C=O) groups excluding carboxylic acids is 1. The zero-order valence-corrected chi connectivity index (χ0v) is 14.8. The van der Waals surface area contributed by atoms with Crippen LogP contribution < -0.4 is 10.6 Å². The van der Waals surface area contributed by atoms with Crippen molar-refractivity contribution >= 4 is 38.9 Å². The highest BCUT2D eigenvalue weighted by Crippen LogP contribution is 2.23. The minimum Gasteiger partial charge on any atom is -0.379 e. The van der Waals surface area contributed by atoms with Crippen LogP contribution in [-0.4, -0.2) is 17.4 Å². The van der Waals surface area contributed by atoms with Gasteiger partial charge in [0.25, 0.3) is 5.69 Å². The molecule has 0 bridgehead atoms. The van der Waals surface area contributed by atoms with E-state index in [1.165, 1.54) is 6.07 Å². The Morgan fingerprint density at radius 1 is 1.21 bits per heavy atom. The SMILES string of the molecule is Cc1cc(Br)ccc1NC(=O)CCCNc1ccccc1[N+](=O)[O-]. The molecular weight excluding hydrogens is 374 g/mol. The van der Waals surface area contributed by atoms with Crippen LogP contribution in [0.5, 0.6) is 0 Å². The van der Waals surface area contributed by atoms with E-state index in [1.54, 1.807) is 18.2 Å². The van der Waals surface area contributed by atoms with Gasteiger partial charge in [0.15, 0.2) is 0 Å². The zero-order valence-electron chi connectivity index (χ0n) is 13.2. The van der Waals surface area contributed by atoms with Crippen molar-refractivity contribution in [3.05, 3.63) is 62.6 Å². The molecular formula is C17H18BrN3O3. The Balaban J connectivity index is 1.80. The molecule has 2 aromatic rings. The maximum absolute atomic E-state index is 12.0.